The molecule has 2 rings (SSSR count). The first-order valence-corrected chi connectivity index (χ1v) is 11.7. The van der Waals surface area contributed by atoms with Crippen LogP contribution in [0.3, 0.4) is 0 Å². The number of aromatic nitrogens is 1. The highest BCUT2D eigenvalue weighted by atomic mass is 16.6. The van der Waals surface area contributed by atoms with Gasteiger partial charge in [-0.05, 0) is 61.5 Å². The zero-order valence-electron chi connectivity index (χ0n) is 21.7. The summed E-state index contributed by atoms with van der Waals surface area (Å²) in [6, 6.07) is 3.29. The zero-order chi connectivity index (χ0) is 25.5. The van der Waals surface area contributed by atoms with Crippen LogP contribution in [0.1, 0.15) is 61.1 Å². The normalized spacial score (nSPS) is 16.4. The third-order valence-electron chi connectivity index (χ3n) is 4.79. The number of anilines is 2. The van der Waals surface area contributed by atoms with Crippen LogP contribution in [0, 0.1) is 0 Å². The number of hydrogen-bond acceptors (Lipinski definition) is 8. The summed E-state index contributed by atoms with van der Waals surface area (Å²) >= 11 is 0. The monoisotopic (exact) mass is 480 g/mol. The summed E-state index contributed by atoms with van der Waals surface area (Å²) in [5.41, 5.74) is 0.0289. The van der Waals surface area contributed by atoms with Crippen molar-refractivity contribution in [2.45, 2.75) is 85.3 Å². The van der Waals surface area contributed by atoms with Gasteiger partial charge in [0.1, 0.15) is 17.0 Å². The van der Waals surface area contributed by atoms with Crippen molar-refractivity contribution in [2.24, 2.45) is 0 Å². The van der Waals surface area contributed by atoms with E-state index in [2.05, 4.69) is 15.5 Å². The summed E-state index contributed by atoms with van der Waals surface area (Å²) in [7, 11) is 0. The number of hydrogen-bond donors (Lipinski definition) is 2. The topological polar surface area (TPSA) is 111 Å². The van der Waals surface area contributed by atoms with Crippen molar-refractivity contribution in [2.75, 3.05) is 36.5 Å². The minimum atomic E-state index is -0.608. The molecule has 0 radical (unpaired) electrons. The van der Waals surface area contributed by atoms with Gasteiger partial charge in [-0.25, -0.2) is 14.6 Å². The Morgan fingerprint density at radius 3 is 2.21 bits per heavy atom. The molecule has 10 heteroatoms. The van der Waals surface area contributed by atoms with Gasteiger partial charge in [0, 0.05) is 24.8 Å². The molecule has 34 heavy (non-hydrogen) atoms. The van der Waals surface area contributed by atoms with Gasteiger partial charge < -0.3 is 29.2 Å². The molecular weight excluding hydrogens is 440 g/mol. The van der Waals surface area contributed by atoms with Gasteiger partial charge in [-0.1, -0.05) is 0 Å². The van der Waals surface area contributed by atoms with E-state index < -0.39 is 23.4 Å². The first-order chi connectivity index (χ1) is 15.7. The maximum absolute atomic E-state index is 12.3. The molecule has 2 amide bonds. The van der Waals surface area contributed by atoms with Gasteiger partial charge >= 0.3 is 12.2 Å². The Balaban J connectivity index is 2.08. The number of ether oxygens (including phenoxy) is 4. The molecule has 1 aromatic rings. The number of rotatable bonds is 7. The number of nitrogens with one attached hydrogen (secondary N) is 2. The van der Waals surface area contributed by atoms with Crippen molar-refractivity contribution in [3.8, 4) is 0 Å². The van der Waals surface area contributed by atoms with Crippen LogP contribution < -0.4 is 15.5 Å². The van der Waals surface area contributed by atoms with E-state index in [1.54, 1.807) is 6.07 Å². The van der Waals surface area contributed by atoms with E-state index in [1.807, 2.05) is 61.5 Å². The van der Waals surface area contributed by atoms with Crippen molar-refractivity contribution in [3.63, 3.8) is 0 Å². The second-order valence-electron chi connectivity index (χ2n) is 10.4. The smallest absolute Gasteiger partial charge is 0.412 e. The summed E-state index contributed by atoms with van der Waals surface area (Å²) < 4.78 is 22.1. The third-order valence-corrected chi connectivity index (χ3v) is 4.79. The predicted octanol–water partition coefficient (Wildman–Crippen LogP) is 4.08. The molecular formula is C24H40N4O6. The van der Waals surface area contributed by atoms with Crippen molar-refractivity contribution in [1.82, 2.24) is 10.3 Å². The fourth-order valence-corrected chi connectivity index (χ4v) is 3.07. The Hall–Kier alpha value is -2.59. The number of carbonyl (C=O) groups excluding carboxylic acids is 2. The van der Waals surface area contributed by atoms with Crippen LogP contribution in [0.2, 0.25) is 0 Å². The average molecular weight is 481 g/mol. The largest absolute Gasteiger partial charge is 0.444 e. The Labute approximate surface area is 202 Å². The van der Waals surface area contributed by atoms with E-state index in [1.165, 1.54) is 0 Å². The molecule has 2 atom stereocenters. The second-order valence-corrected chi connectivity index (χ2v) is 10.4. The highest BCUT2D eigenvalue weighted by Crippen LogP contribution is 2.22. The first-order valence-electron chi connectivity index (χ1n) is 11.7. The molecule has 10 nitrogen and oxygen atoms in total. The van der Waals surface area contributed by atoms with Crippen LogP contribution in [0.5, 0.6) is 0 Å². The number of morpholine rings is 1. The molecule has 0 aliphatic carbocycles. The van der Waals surface area contributed by atoms with E-state index in [4.69, 9.17) is 23.9 Å². The quantitative estimate of drug-likeness (QED) is 0.600. The minimum absolute atomic E-state index is 0.197. The zero-order valence-corrected chi connectivity index (χ0v) is 21.7. The third kappa shape index (κ3) is 10.1. The lowest BCUT2D eigenvalue weighted by molar-refractivity contribution is 0.0172. The molecule has 2 N–H and O–H groups in total. The summed E-state index contributed by atoms with van der Waals surface area (Å²) in [4.78, 5) is 31.2. The molecule has 0 spiro atoms. The van der Waals surface area contributed by atoms with Gasteiger partial charge in [-0.3, -0.25) is 5.32 Å². The molecule has 0 unspecified atom stereocenters. The average Bonchev–Trinajstić information content (AvgIpc) is 2.69. The standard InChI is InChI=1S/C24H40N4O6/c1-16(25-21(29)33-23(3,4)5)17(2)32-15-19-13-18(27-22(30)34-24(6,7)8)14-20(26-19)28-9-11-31-12-10-28/h13-14,16-17H,9-12,15H2,1-8H3,(H,25,29)(H,26,27,30)/t16-,17-/m1/s1. The fraction of sp³-hybridized carbons (Fsp3) is 0.708. The Bertz CT molecular complexity index is 828. The molecule has 0 aromatic carbocycles. The van der Waals surface area contributed by atoms with Gasteiger partial charge in [0.15, 0.2) is 0 Å². The Morgan fingerprint density at radius 1 is 1.03 bits per heavy atom. The number of amides is 2. The SMILES string of the molecule is C[C@@H](NC(=O)OC(C)(C)C)[C@@H](C)OCc1cc(NC(=O)OC(C)(C)C)cc(N2CCOCC2)n1. The number of nitrogens with zero attached hydrogens (tertiary/aromatic N) is 2. The van der Waals surface area contributed by atoms with Crippen LogP contribution in [0.4, 0.5) is 21.1 Å². The van der Waals surface area contributed by atoms with E-state index in [-0.39, 0.29) is 18.8 Å². The summed E-state index contributed by atoms with van der Waals surface area (Å²) in [6.07, 6.45) is -1.34. The Morgan fingerprint density at radius 2 is 1.62 bits per heavy atom. The van der Waals surface area contributed by atoms with Crippen LogP contribution in [-0.2, 0) is 25.6 Å². The first kappa shape index (κ1) is 27.7. The molecule has 1 aliphatic heterocycles. The molecule has 1 saturated heterocycles. The van der Waals surface area contributed by atoms with Gasteiger partial charge in [0.2, 0.25) is 0 Å². The van der Waals surface area contributed by atoms with Crippen LogP contribution in [0.25, 0.3) is 0 Å². The number of pyridine rings is 1. The fourth-order valence-electron chi connectivity index (χ4n) is 3.07. The highest BCUT2D eigenvalue weighted by Gasteiger charge is 2.22. The molecule has 1 fully saturated rings. The van der Waals surface area contributed by atoms with Crippen LogP contribution >= 0.6 is 0 Å². The molecule has 0 saturated carbocycles. The molecule has 0 bridgehead atoms. The minimum Gasteiger partial charge on any atom is -0.444 e. The second kappa shape index (κ2) is 11.7. The van der Waals surface area contributed by atoms with Gasteiger partial charge in [0.25, 0.3) is 0 Å². The van der Waals surface area contributed by atoms with E-state index in [0.29, 0.717) is 37.7 Å². The number of alkyl carbamates (subject to hydrolysis) is 1. The summed E-state index contributed by atoms with van der Waals surface area (Å²) in [6.45, 7) is 17.4. The van der Waals surface area contributed by atoms with Gasteiger partial charge in [-0.15, -0.1) is 0 Å². The predicted molar refractivity (Wildman–Crippen MR) is 130 cm³/mol. The highest BCUT2D eigenvalue weighted by molar-refractivity contribution is 5.85. The lowest BCUT2D eigenvalue weighted by Crippen LogP contribution is -2.43. The van der Waals surface area contributed by atoms with Gasteiger partial charge in [-0.2, -0.15) is 0 Å². The molecule has 1 aromatic heterocycles. The van der Waals surface area contributed by atoms with Gasteiger partial charge in [0.05, 0.1) is 37.7 Å². The van der Waals surface area contributed by atoms with E-state index in [0.717, 1.165) is 5.82 Å². The van der Waals surface area contributed by atoms with E-state index in [9.17, 15) is 9.59 Å². The van der Waals surface area contributed by atoms with Crippen molar-refractivity contribution < 1.29 is 28.5 Å². The molecule has 192 valence electrons. The molecule has 2 heterocycles. The van der Waals surface area contributed by atoms with Crippen molar-refractivity contribution in [3.05, 3.63) is 17.8 Å². The Kier molecular flexibility index (Phi) is 9.52. The van der Waals surface area contributed by atoms with Crippen LogP contribution in [0.15, 0.2) is 12.1 Å². The van der Waals surface area contributed by atoms with Crippen molar-refractivity contribution >= 4 is 23.7 Å². The van der Waals surface area contributed by atoms with Crippen molar-refractivity contribution in [1.29, 1.82) is 0 Å². The van der Waals surface area contributed by atoms with E-state index >= 15 is 0 Å². The summed E-state index contributed by atoms with van der Waals surface area (Å²) in [5.74, 6) is 0.725. The lowest BCUT2D eigenvalue weighted by atomic mass is 10.2. The lowest BCUT2D eigenvalue weighted by Gasteiger charge is -2.29. The number of carbonyl (C=O) groups is 2. The molecule has 1 aliphatic rings. The van der Waals surface area contributed by atoms with Crippen LogP contribution in [-0.4, -0.2) is 66.8 Å². The maximum atomic E-state index is 12.3. The maximum Gasteiger partial charge on any atom is 0.412 e. The summed E-state index contributed by atoms with van der Waals surface area (Å²) in [5, 5.41) is 5.58.